The summed E-state index contributed by atoms with van der Waals surface area (Å²) in [5.74, 6) is 0.507. The van der Waals surface area contributed by atoms with Gasteiger partial charge in [-0.1, -0.05) is 19.3 Å². The number of piperazine rings is 1. The second-order valence-electron chi connectivity index (χ2n) is 6.57. The summed E-state index contributed by atoms with van der Waals surface area (Å²) in [6.07, 6.45) is 6.36. The molecule has 1 aromatic carbocycles. The van der Waals surface area contributed by atoms with Gasteiger partial charge in [0.15, 0.2) is 0 Å². The summed E-state index contributed by atoms with van der Waals surface area (Å²) in [5, 5.41) is 23.5. The minimum atomic E-state index is 0.122. The van der Waals surface area contributed by atoms with Crippen molar-refractivity contribution in [2.45, 2.75) is 50.6 Å². The lowest BCUT2D eigenvalue weighted by Crippen LogP contribution is -2.62. The maximum Gasteiger partial charge on any atom is 0.120 e. The van der Waals surface area contributed by atoms with Crippen molar-refractivity contribution in [1.29, 1.82) is 0 Å². The maximum atomic E-state index is 10.2. The Morgan fingerprint density at radius 1 is 1.19 bits per heavy atom. The van der Waals surface area contributed by atoms with E-state index < -0.39 is 0 Å². The molecule has 116 valence electrons. The van der Waals surface area contributed by atoms with Gasteiger partial charge in [0.25, 0.3) is 0 Å². The van der Waals surface area contributed by atoms with Gasteiger partial charge in [-0.3, -0.25) is 4.90 Å². The summed E-state index contributed by atoms with van der Waals surface area (Å²) in [7, 11) is 0. The molecule has 1 aromatic rings. The van der Waals surface area contributed by atoms with Crippen LogP contribution >= 0.6 is 0 Å². The molecule has 2 aliphatic rings. The van der Waals surface area contributed by atoms with Crippen molar-refractivity contribution in [1.82, 2.24) is 10.2 Å². The van der Waals surface area contributed by atoms with Gasteiger partial charge in [0.1, 0.15) is 11.5 Å². The summed E-state index contributed by atoms with van der Waals surface area (Å²) < 4.78 is 0. The van der Waals surface area contributed by atoms with E-state index in [1.165, 1.54) is 32.1 Å². The third-order valence-electron chi connectivity index (χ3n) is 5.31. The smallest absolute Gasteiger partial charge is 0.120 e. The highest BCUT2D eigenvalue weighted by Gasteiger charge is 2.42. The van der Waals surface area contributed by atoms with E-state index in [0.717, 1.165) is 25.2 Å². The van der Waals surface area contributed by atoms with E-state index in [2.05, 4.69) is 17.1 Å². The molecule has 1 heterocycles. The number of nitrogens with zero attached hydrogens (tertiary/aromatic N) is 1. The van der Waals surface area contributed by atoms with Crippen LogP contribution in [0, 0.1) is 0 Å². The lowest BCUT2D eigenvalue weighted by atomic mass is 9.78. The molecule has 2 fully saturated rings. The van der Waals surface area contributed by atoms with E-state index in [4.69, 9.17) is 0 Å². The van der Waals surface area contributed by atoms with E-state index in [1.54, 1.807) is 18.2 Å². The van der Waals surface area contributed by atoms with Crippen molar-refractivity contribution < 1.29 is 10.2 Å². The van der Waals surface area contributed by atoms with Crippen LogP contribution < -0.4 is 5.32 Å². The number of hydrogen-bond donors (Lipinski definition) is 3. The zero-order chi connectivity index (χ0) is 14.9. The molecule has 4 heteroatoms. The van der Waals surface area contributed by atoms with Gasteiger partial charge >= 0.3 is 0 Å². The van der Waals surface area contributed by atoms with Gasteiger partial charge in [0.2, 0.25) is 0 Å². The van der Waals surface area contributed by atoms with Crippen molar-refractivity contribution in [2.75, 3.05) is 19.6 Å². The molecular weight excluding hydrogens is 264 g/mol. The SMILES string of the molecule is CC(c1cc(O)ccc1O)N1CCNCC12CCCCC2. The molecule has 0 aromatic heterocycles. The molecule has 1 unspecified atom stereocenters. The molecule has 1 saturated heterocycles. The third-order valence-corrected chi connectivity index (χ3v) is 5.31. The number of hydrogen-bond acceptors (Lipinski definition) is 4. The normalized spacial score (nSPS) is 24.0. The molecule has 1 aliphatic carbocycles. The van der Waals surface area contributed by atoms with Crippen LogP contribution in [-0.4, -0.2) is 40.3 Å². The lowest BCUT2D eigenvalue weighted by molar-refractivity contribution is -0.00341. The Labute approximate surface area is 126 Å². The van der Waals surface area contributed by atoms with Gasteiger partial charge in [-0.05, 0) is 38.0 Å². The Hall–Kier alpha value is -1.26. The molecule has 21 heavy (non-hydrogen) atoms. The van der Waals surface area contributed by atoms with E-state index in [9.17, 15) is 10.2 Å². The van der Waals surface area contributed by atoms with Crippen molar-refractivity contribution >= 4 is 0 Å². The molecule has 1 aliphatic heterocycles. The third kappa shape index (κ3) is 2.74. The van der Waals surface area contributed by atoms with Crippen molar-refractivity contribution in [3.63, 3.8) is 0 Å². The van der Waals surface area contributed by atoms with Crippen LogP contribution in [0.25, 0.3) is 0 Å². The second-order valence-corrected chi connectivity index (χ2v) is 6.57. The summed E-state index contributed by atoms with van der Waals surface area (Å²) in [5.41, 5.74) is 1.05. The van der Waals surface area contributed by atoms with Gasteiger partial charge in [0, 0.05) is 36.8 Å². The van der Waals surface area contributed by atoms with Gasteiger partial charge < -0.3 is 15.5 Å². The summed E-state index contributed by atoms with van der Waals surface area (Å²) in [4.78, 5) is 2.55. The number of aromatic hydroxyl groups is 2. The fourth-order valence-electron chi connectivity index (χ4n) is 4.18. The Morgan fingerprint density at radius 3 is 2.71 bits per heavy atom. The lowest BCUT2D eigenvalue weighted by Gasteiger charge is -2.52. The molecule has 3 rings (SSSR count). The summed E-state index contributed by atoms with van der Waals surface area (Å²) in [6, 6.07) is 4.96. The fraction of sp³-hybridized carbons (Fsp3) is 0.647. The van der Waals surface area contributed by atoms with Gasteiger partial charge in [0.05, 0.1) is 0 Å². The molecule has 0 amide bonds. The fourth-order valence-corrected chi connectivity index (χ4v) is 4.18. The Morgan fingerprint density at radius 2 is 1.95 bits per heavy atom. The van der Waals surface area contributed by atoms with Crippen LogP contribution in [0.3, 0.4) is 0 Å². The first-order valence-electron chi connectivity index (χ1n) is 8.12. The van der Waals surface area contributed by atoms with Gasteiger partial charge in [-0.2, -0.15) is 0 Å². The quantitative estimate of drug-likeness (QED) is 0.733. The molecule has 0 bridgehead atoms. The predicted molar refractivity (Wildman–Crippen MR) is 83.6 cm³/mol. The first kappa shape index (κ1) is 14.7. The highest BCUT2D eigenvalue weighted by atomic mass is 16.3. The summed E-state index contributed by atoms with van der Waals surface area (Å²) >= 11 is 0. The number of benzene rings is 1. The topological polar surface area (TPSA) is 55.7 Å². The molecule has 3 N–H and O–H groups in total. The van der Waals surface area contributed by atoms with E-state index in [1.807, 2.05) is 0 Å². The number of phenols is 2. The monoisotopic (exact) mass is 290 g/mol. The maximum absolute atomic E-state index is 10.2. The Kier molecular flexibility index (Phi) is 4.09. The minimum Gasteiger partial charge on any atom is -0.508 e. The van der Waals surface area contributed by atoms with Gasteiger partial charge in [-0.25, -0.2) is 0 Å². The molecule has 1 saturated carbocycles. The average molecular weight is 290 g/mol. The van der Waals surface area contributed by atoms with Gasteiger partial charge in [-0.15, -0.1) is 0 Å². The van der Waals surface area contributed by atoms with E-state index >= 15 is 0 Å². The molecule has 4 nitrogen and oxygen atoms in total. The van der Waals surface area contributed by atoms with E-state index in [0.29, 0.717) is 0 Å². The largest absolute Gasteiger partial charge is 0.508 e. The molecular formula is C17H26N2O2. The number of rotatable bonds is 2. The minimum absolute atomic E-state index is 0.122. The highest BCUT2D eigenvalue weighted by Crippen LogP contribution is 2.41. The first-order valence-corrected chi connectivity index (χ1v) is 8.12. The zero-order valence-corrected chi connectivity index (χ0v) is 12.8. The van der Waals surface area contributed by atoms with Crippen LogP contribution in [-0.2, 0) is 0 Å². The first-order chi connectivity index (χ1) is 10.1. The van der Waals surface area contributed by atoms with Crippen molar-refractivity contribution in [2.24, 2.45) is 0 Å². The van der Waals surface area contributed by atoms with Crippen LogP contribution in [0.4, 0.5) is 0 Å². The molecule has 0 radical (unpaired) electrons. The second kappa shape index (κ2) is 5.85. The highest BCUT2D eigenvalue weighted by molar-refractivity contribution is 5.40. The number of nitrogens with one attached hydrogen (secondary N) is 1. The van der Waals surface area contributed by atoms with Crippen molar-refractivity contribution in [3.05, 3.63) is 23.8 Å². The number of phenolic OH excluding ortho intramolecular Hbond substituents is 2. The van der Waals surface area contributed by atoms with Crippen LogP contribution in [0.2, 0.25) is 0 Å². The zero-order valence-electron chi connectivity index (χ0n) is 12.8. The Balaban J connectivity index is 1.90. The molecule has 1 spiro atoms. The van der Waals surface area contributed by atoms with Crippen LogP contribution in [0.15, 0.2) is 18.2 Å². The van der Waals surface area contributed by atoms with Crippen LogP contribution in [0.5, 0.6) is 11.5 Å². The summed E-state index contributed by atoms with van der Waals surface area (Å²) in [6.45, 7) is 5.18. The molecule has 1 atom stereocenters. The Bertz CT molecular complexity index is 489. The van der Waals surface area contributed by atoms with Crippen molar-refractivity contribution in [3.8, 4) is 11.5 Å². The van der Waals surface area contributed by atoms with E-state index in [-0.39, 0.29) is 23.1 Å². The average Bonchev–Trinajstić information content (AvgIpc) is 2.50. The van der Waals surface area contributed by atoms with Crippen LogP contribution in [0.1, 0.15) is 50.6 Å². The predicted octanol–water partition coefficient (Wildman–Crippen LogP) is 2.77. The standard InChI is InChI=1S/C17H26N2O2/c1-13(15-11-14(20)5-6-16(15)21)19-10-9-18-12-17(19)7-3-2-4-8-17/h5-6,11,13,18,20-21H,2-4,7-10,12H2,1H3.